The summed E-state index contributed by atoms with van der Waals surface area (Å²) in [6.45, 7) is 1.15. The van der Waals surface area contributed by atoms with E-state index < -0.39 is 0 Å². The summed E-state index contributed by atoms with van der Waals surface area (Å²) in [5.74, 6) is 0.648. The molecule has 0 aliphatic carbocycles. The van der Waals surface area contributed by atoms with Crippen LogP contribution in [0, 0.1) is 0 Å². The number of hydrogen-bond acceptors (Lipinski definition) is 1. The van der Waals surface area contributed by atoms with Crippen molar-refractivity contribution >= 4 is 0 Å². The Hall–Kier alpha value is -1.60. The van der Waals surface area contributed by atoms with Crippen molar-refractivity contribution < 1.29 is 0 Å². The summed E-state index contributed by atoms with van der Waals surface area (Å²) in [7, 11) is 0. The number of rotatable bonds is 3. The lowest BCUT2D eigenvalue weighted by molar-refractivity contribution is 0.348. The Morgan fingerprint density at radius 2 is 1.58 bits per heavy atom. The Morgan fingerprint density at radius 1 is 0.895 bits per heavy atom. The maximum absolute atomic E-state index is 3.72. The van der Waals surface area contributed by atoms with Gasteiger partial charge in [-0.05, 0) is 42.9 Å². The van der Waals surface area contributed by atoms with Crippen molar-refractivity contribution in [1.82, 2.24) is 5.32 Å². The van der Waals surface area contributed by atoms with Crippen LogP contribution in [0.15, 0.2) is 60.7 Å². The van der Waals surface area contributed by atoms with Gasteiger partial charge in [0, 0.05) is 6.04 Å². The van der Waals surface area contributed by atoms with Crippen molar-refractivity contribution in [2.45, 2.75) is 31.2 Å². The second-order valence-electron chi connectivity index (χ2n) is 5.41. The first kappa shape index (κ1) is 12.4. The van der Waals surface area contributed by atoms with Crippen molar-refractivity contribution in [3.8, 4) is 0 Å². The van der Waals surface area contributed by atoms with Crippen LogP contribution >= 0.6 is 0 Å². The van der Waals surface area contributed by atoms with Crippen molar-refractivity contribution in [2.24, 2.45) is 0 Å². The first-order chi connectivity index (χ1) is 9.43. The fourth-order valence-corrected chi connectivity index (χ4v) is 3.13. The number of hydrogen-bond donors (Lipinski definition) is 1. The minimum absolute atomic E-state index is 0.568. The van der Waals surface area contributed by atoms with Gasteiger partial charge in [-0.3, -0.25) is 0 Å². The normalized spacial score (nSPS) is 23.2. The monoisotopic (exact) mass is 251 g/mol. The molecule has 1 N–H and O–H groups in total. The minimum Gasteiger partial charge on any atom is -0.313 e. The lowest BCUT2D eigenvalue weighted by Gasteiger charge is -2.33. The van der Waals surface area contributed by atoms with Crippen LogP contribution in [-0.4, -0.2) is 12.6 Å². The van der Waals surface area contributed by atoms with Crippen LogP contribution in [0.2, 0.25) is 0 Å². The average Bonchev–Trinajstić information content (AvgIpc) is 2.50. The van der Waals surface area contributed by atoms with Crippen LogP contribution in [-0.2, 0) is 6.42 Å². The van der Waals surface area contributed by atoms with Gasteiger partial charge >= 0.3 is 0 Å². The molecule has 2 atom stereocenters. The second-order valence-corrected chi connectivity index (χ2v) is 5.41. The highest BCUT2D eigenvalue weighted by Gasteiger charge is 2.25. The molecule has 1 saturated heterocycles. The molecule has 1 aliphatic heterocycles. The zero-order valence-electron chi connectivity index (χ0n) is 11.3. The third-order valence-electron chi connectivity index (χ3n) is 4.11. The number of nitrogens with one attached hydrogen (secondary N) is 1. The third kappa shape index (κ3) is 3.05. The molecule has 0 amide bonds. The third-order valence-corrected chi connectivity index (χ3v) is 4.11. The van der Waals surface area contributed by atoms with E-state index in [-0.39, 0.29) is 0 Å². The summed E-state index contributed by atoms with van der Waals surface area (Å²) in [5.41, 5.74) is 2.92. The molecular weight excluding hydrogens is 230 g/mol. The Morgan fingerprint density at radius 3 is 2.32 bits per heavy atom. The van der Waals surface area contributed by atoms with E-state index in [1.54, 1.807) is 0 Å². The lowest BCUT2D eigenvalue weighted by Crippen LogP contribution is -2.41. The van der Waals surface area contributed by atoms with Gasteiger partial charge in [0.1, 0.15) is 0 Å². The first-order valence-corrected chi connectivity index (χ1v) is 7.26. The summed E-state index contributed by atoms with van der Waals surface area (Å²) in [6.07, 6.45) is 3.71. The van der Waals surface area contributed by atoms with Gasteiger partial charge in [0.25, 0.3) is 0 Å². The lowest BCUT2D eigenvalue weighted by atomic mass is 9.82. The molecule has 1 aliphatic rings. The predicted octanol–water partition coefficient (Wildman–Crippen LogP) is 3.76. The Labute approximate surface area is 115 Å². The first-order valence-electron chi connectivity index (χ1n) is 7.26. The van der Waals surface area contributed by atoms with Gasteiger partial charge in [-0.2, -0.15) is 0 Å². The van der Waals surface area contributed by atoms with Crippen LogP contribution in [0.5, 0.6) is 0 Å². The second kappa shape index (κ2) is 6.03. The highest BCUT2D eigenvalue weighted by atomic mass is 14.9. The Balaban J connectivity index is 1.78. The van der Waals surface area contributed by atoms with Gasteiger partial charge in [-0.15, -0.1) is 0 Å². The zero-order valence-corrected chi connectivity index (χ0v) is 11.3. The summed E-state index contributed by atoms with van der Waals surface area (Å²) in [4.78, 5) is 0. The average molecular weight is 251 g/mol. The molecule has 0 bridgehead atoms. The Bertz CT molecular complexity index is 492. The van der Waals surface area contributed by atoms with E-state index in [0.29, 0.717) is 12.0 Å². The standard InChI is InChI=1S/C18H21N/c1-3-8-15(9-4-1)14-18-17(12-7-13-19-18)16-10-5-2-6-11-16/h1-6,8-11,17-19H,7,12-14H2/t17-,18-/m1/s1. The molecule has 3 rings (SSSR count). The van der Waals surface area contributed by atoms with E-state index in [2.05, 4.69) is 66.0 Å². The molecule has 0 aromatic heterocycles. The minimum atomic E-state index is 0.568. The molecular formula is C18H21N. The van der Waals surface area contributed by atoms with Gasteiger partial charge in [0.15, 0.2) is 0 Å². The van der Waals surface area contributed by atoms with Crippen molar-refractivity contribution in [2.75, 3.05) is 6.54 Å². The van der Waals surface area contributed by atoms with Crippen molar-refractivity contribution in [1.29, 1.82) is 0 Å². The molecule has 0 radical (unpaired) electrons. The SMILES string of the molecule is c1ccc(C[C@H]2NCCC[C@@H]2c2ccccc2)cc1. The van der Waals surface area contributed by atoms with Crippen LogP contribution < -0.4 is 5.32 Å². The maximum Gasteiger partial charge on any atom is 0.0176 e. The van der Waals surface area contributed by atoms with E-state index in [9.17, 15) is 0 Å². The zero-order chi connectivity index (χ0) is 12.9. The van der Waals surface area contributed by atoms with Crippen LogP contribution in [0.4, 0.5) is 0 Å². The van der Waals surface area contributed by atoms with E-state index in [1.807, 2.05) is 0 Å². The summed E-state index contributed by atoms with van der Waals surface area (Å²) < 4.78 is 0. The summed E-state index contributed by atoms with van der Waals surface area (Å²) >= 11 is 0. The molecule has 1 fully saturated rings. The van der Waals surface area contributed by atoms with Gasteiger partial charge in [0.05, 0.1) is 0 Å². The highest BCUT2D eigenvalue weighted by Crippen LogP contribution is 2.29. The van der Waals surface area contributed by atoms with E-state index in [1.165, 1.54) is 24.0 Å². The fraction of sp³-hybridized carbons (Fsp3) is 0.333. The fourth-order valence-electron chi connectivity index (χ4n) is 3.13. The highest BCUT2D eigenvalue weighted by molar-refractivity contribution is 5.24. The van der Waals surface area contributed by atoms with Crippen LogP contribution in [0.3, 0.4) is 0 Å². The predicted molar refractivity (Wildman–Crippen MR) is 80.4 cm³/mol. The van der Waals surface area contributed by atoms with Crippen LogP contribution in [0.1, 0.15) is 29.9 Å². The molecule has 19 heavy (non-hydrogen) atoms. The quantitative estimate of drug-likeness (QED) is 0.875. The largest absolute Gasteiger partial charge is 0.313 e. The molecule has 0 spiro atoms. The smallest absolute Gasteiger partial charge is 0.0176 e. The Kier molecular flexibility index (Phi) is 3.95. The molecule has 1 heteroatoms. The summed E-state index contributed by atoms with van der Waals surface area (Å²) in [5, 5.41) is 3.72. The van der Waals surface area contributed by atoms with Gasteiger partial charge < -0.3 is 5.32 Å². The molecule has 2 aromatic rings. The molecule has 1 nitrogen and oxygen atoms in total. The van der Waals surface area contributed by atoms with Crippen LogP contribution in [0.25, 0.3) is 0 Å². The number of piperidine rings is 1. The van der Waals surface area contributed by atoms with E-state index in [4.69, 9.17) is 0 Å². The molecule has 0 unspecified atom stereocenters. The maximum atomic E-state index is 3.72. The molecule has 2 aromatic carbocycles. The number of benzene rings is 2. The molecule has 98 valence electrons. The van der Waals surface area contributed by atoms with E-state index in [0.717, 1.165) is 13.0 Å². The molecule has 0 saturated carbocycles. The van der Waals surface area contributed by atoms with Gasteiger partial charge in [-0.1, -0.05) is 60.7 Å². The van der Waals surface area contributed by atoms with Crippen molar-refractivity contribution in [3.05, 3.63) is 71.8 Å². The van der Waals surface area contributed by atoms with E-state index >= 15 is 0 Å². The molecule has 1 heterocycles. The van der Waals surface area contributed by atoms with Gasteiger partial charge in [0.2, 0.25) is 0 Å². The van der Waals surface area contributed by atoms with Crippen molar-refractivity contribution in [3.63, 3.8) is 0 Å². The summed E-state index contributed by atoms with van der Waals surface area (Å²) in [6, 6.07) is 22.4. The van der Waals surface area contributed by atoms with Gasteiger partial charge in [-0.25, -0.2) is 0 Å². The topological polar surface area (TPSA) is 12.0 Å².